The monoisotopic (exact) mass is 364 g/mol. The van der Waals surface area contributed by atoms with E-state index in [9.17, 15) is 14.4 Å². The minimum atomic E-state index is -1.08. The van der Waals surface area contributed by atoms with E-state index in [1.807, 2.05) is 54.6 Å². The van der Waals surface area contributed by atoms with Crippen molar-refractivity contribution < 1.29 is 24.6 Å². The fraction of sp³-hybridized carbons (Fsp3) is 0.136. The number of carbonyl (C=O) groups excluding carboxylic acids is 1. The van der Waals surface area contributed by atoms with Crippen LogP contribution in [0, 0.1) is 5.41 Å². The van der Waals surface area contributed by atoms with Gasteiger partial charge in [-0.15, -0.1) is 0 Å². The highest BCUT2D eigenvalue weighted by Gasteiger charge is 2.34. The molecule has 1 aliphatic carbocycles. The second-order valence-corrected chi connectivity index (χ2v) is 6.33. The zero-order chi connectivity index (χ0) is 19.9. The first-order valence-electron chi connectivity index (χ1n) is 8.32. The van der Waals surface area contributed by atoms with Crippen LogP contribution in [0.2, 0.25) is 0 Å². The zero-order valence-corrected chi connectivity index (χ0v) is 14.8. The highest BCUT2D eigenvalue weighted by Crippen LogP contribution is 2.31. The number of aliphatic carboxylic acids is 2. The van der Waals surface area contributed by atoms with Gasteiger partial charge in [0.2, 0.25) is 0 Å². The lowest BCUT2D eigenvalue weighted by Crippen LogP contribution is -2.28. The quantitative estimate of drug-likeness (QED) is 0.793. The number of benzene rings is 2. The van der Waals surface area contributed by atoms with Crippen LogP contribution in [0.5, 0.6) is 0 Å². The van der Waals surface area contributed by atoms with E-state index < -0.39 is 17.4 Å². The number of rotatable bonds is 4. The van der Waals surface area contributed by atoms with Crippen LogP contribution < -0.4 is 0 Å². The number of carbonyl (C=O) groups is 3. The molecule has 138 valence electrons. The van der Waals surface area contributed by atoms with Gasteiger partial charge in [0.05, 0.1) is 5.41 Å². The molecule has 1 atom stereocenters. The van der Waals surface area contributed by atoms with Gasteiger partial charge in [0, 0.05) is 11.1 Å². The molecule has 0 aliphatic heterocycles. The molecule has 2 aromatic carbocycles. The molecule has 0 bridgehead atoms. The van der Waals surface area contributed by atoms with E-state index >= 15 is 0 Å². The van der Waals surface area contributed by atoms with Crippen molar-refractivity contribution in [3.63, 3.8) is 0 Å². The Morgan fingerprint density at radius 2 is 1.63 bits per heavy atom. The number of hydrogen-bond donors (Lipinski definition) is 2. The normalized spacial score (nSPS) is 17.9. The van der Waals surface area contributed by atoms with Crippen LogP contribution in [0.3, 0.4) is 0 Å². The highest BCUT2D eigenvalue weighted by atomic mass is 16.4. The van der Waals surface area contributed by atoms with Crippen molar-refractivity contribution in [2.75, 3.05) is 0 Å². The van der Waals surface area contributed by atoms with Crippen molar-refractivity contribution in [2.45, 2.75) is 13.3 Å². The lowest BCUT2D eigenvalue weighted by Gasteiger charge is -2.23. The van der Waals surface area contributed by atoms with E-state index in [2.05, 4.69) is 0 Å². The number of hydrogen-bond acceptors (Lipinski definition) is 3. The first-order valence-corrected chi connectivity index (χ1v) is 8.32. The Balaban J connectivity index is 0.000000194. The smallest absolute Gasteiger partial charge is 0.331 e. The van der Waals surface area contributed by atoms with Gasteiger partial charge >= 0.3 is 11.9 Å². The minimum Gasteiger partial charge on any atom is -0.481 e. The Labute approximate surface area is 157 Å². The number of aldehydes is 1. The van der Waals surface area contributed by atoms with Gasteiger partial charge in [-0.25, -0.2) is 4.79 Å². The third-order valence-corrected chi connectivity index (χ3v) is 4.25. The van der Waals surface area contributed by atoms with Crippen LogP contribution in [0.25, 0.3) is 11.1 Å². The summed E-state index contributed by atoms with van der Waals surface area (Å²) in [5.41, 5.74) is 1.85. The highest BCUT2D eigenvalue weighted by molar-refractivity contribution is 5.90. The number of carboxylic acids is 2. The Kier molecular flexibility index (Phi) is 6.44. The molecule has 27 heavy (non-hydrogen) atoms. The van der Waals surface area contributed by atoms with Crippen molar-refractivity contribution in [3.05, 3.63) is 84.0 Å². The van der Waals surface area contributed by atoms with Gasteiger partial charge < -0.3 is 10.2 Å². The molecule has 0 fully saturated rings. The fourth-order valence-corrected chi connectivity index (χ4v) is 2.66. The molecule has 0 amide bonds. The second kappa shape index (κ2) is 8.76. The molecule has 5 nitrogen and oxygen atoms in total. The summed E-state index contributed by atoms with van der Waals surface area (Å²) in [6, 6.07) is 17.5. The van der Waals surface area contributed by atoms with Gasteiger partial charge in [0.1, 0.15) is 0 Å². The predicted octanol–water partition coefficient (Wildman–Crippen LogP) is 4.21. The van der Waals surface area contributed by atoms with Gasteiger partial charge in [-0.1, -0.05) is 72.8 Å². The SMILES string of the molecule is CC1(C(=O)O)C=CC=C(C(=O)O)C1.O=Cc1ccccc1-c1ccccc1. The van der Waals surface area contributed by atoms with Gasteiger partial charge in [0.15, 0.2) is 6.29 Å². The molecule has 0 saturated heterocycles. The average molecular weight is 364 g/mol. The Morgan fingerprint density at radius 1 is 1.00 bits per heavy atom. The summed E-state index contributed by atoms with van der Waals surface area (Å²) in [5.74, 6) is -2.06. The van der Waals surface area contributed by atoms with E-state index in [1.54, 1.807) is 0 Å². The molecule has 0 saturated carbocycles. The van der Waals surface area contributed by atoms with Crippen LogP contribution in [-0.2, 0) is 9.59 Å². The maximum atomic E-state index is 10.8. The van der Waals surface area contributed by atoms with E-state index in [-0.39, 0.29) is 12.0 Å². The second-order valence-electron chi connectivity index (χ2n) is 6.33. The number of allylic oxidation sites excluding steroid dienone is 2. The fourth-order valence-electron chi connectivity index (χ4n) is 2.66. The van der Waals surface area contributed by atoms with Gasteiger partial charge in [-0.3, -0.25) is 9.59 Å². The van der Waals surface area contributed by atoms with Crippen LogP contribution >= 0.6 is 0 Å². The van der Waals surface area contributed by atoms with Gasteiger partial charge in [-0.2, -0.15) is 0 Å². The molecule has 2 N–H and O–H groups in total. The molecular weight excluding hydrogens is 344 g/mol. The van der Waals surface area contributed by atoms with Crippen LogP contribution in [-0.4, -0.2) is 28.4 Å². The molecule has 0 aromatic heterocycles. The van der Waals surface area contributed by atoms with Crippen molar-refractivity contribution in [2.24, 2.45) is 5.41 Å². The van der Waals surface area contributed by atoms with E-state index in [0.717, 1.165) is 23.0 Å². The Hall–Kier alpha value is -3.47. The zero-order valence-electron chi connectivity index (χ0n) is 14.8. The molecule has 2 aromatic rings. The van der Waals surface area contributed by atoms with Crippen molar-refractivity contribution in [1.82, 2.24) is 0 Å². The Morgan fingerprint density at radius 3 is 2.22 bits per heavy atom. The average Bonchev–Trinajstić information content (AvgIpc) is 2.69. The first kappa shape index (κ1) is 19.8. The Bertz CT molecular complexity index is 896. The molecular formula is C22H20O5. The molecule has 3 rings (SSSR count). The molecule has 0 heterocycles. The maximum Gasteiger partial charge on any atom is 0.331 e. The summed E-state index contributed by atoms with van der Waals surface area (Å²) in [7, 11) is 0. The topological polar surface area (TPSA) is 91.7 Å². The molecule has 0 radical (unpaired) electrons. The van der Waals surface area contributed by atoms with Crippen molar-refractivity contribution in [3.8, 4) is 11.1 Å². The van der Waals surface area contributed by atoms with Crippen molar-refractivity contribution >= 4 is 18.2 Å². The minimum absolute atomic E-state index is 0.0359. The summed E-state index contributed by atoms with van der Waals surface area (Å²) in [5, 5.41) is 17.5. The van der Waals surface area contributed by atoms with Crippen LogP contribution in [0.4, 0.5) is 0 Å². The lowest BCUT2D eigenvalue weighted by molar-refractivity contribution is -0.145. The van der Waals surface area contributed by atoms with Crippen molar-refractivity contribution in [1.29, 1.82) is 0 Å². The van der Waals surface area contributed by atoms with Gasteiger partial charge in [-0.05, 0) is 24.5 Å². The summed E-state index contributed by atoms with van der Waals surface area (Å²) in [6.07, 6.45) is 5.33. The van der Waals surface area contributed by atoms with Crippen LogP contribution in [0.1, 0.15) is 23.7 Å². The van der Waals surface area contributed by atoms with E-state index in [4.69, 9.17) is 10.2 Å². The van der Waals surface area contributed by atoms with E-state index in [0.29, 0.717) is 0 Å². The molecule has 1 aliphatic rings. The molecule has 1 unspecified atom stereocenters. The summed E-state index contributed by atoms with van der Waals surface area (Å²) < 4.78 is 0. The summed E-state index contributed by atoms with van der Waals surface area (Å²) in [6.45, 7) is 1.50. The number of carboxylic acid groups (broad SMARTS) is 2. The summed E-state index contributed by atoms with van der Waals surface area (Å²) in [4.78, 5) is 32.1. The molecule has 5 heteroatoms. The first-order chi connectivity index (χ1) is 12.9. The largest absolute Gasteiger partial charge is 0.481 e. The van der Waals surface area contributed by atoms with Crippen LogP contribution in [0.15, 0.2) is 78.4 Å². The lowest BCUT2D eigenvalue weighted by atomic mass is 9.80. The predicted molar refractivity (Wildman–Crippen MR) is 102 cm³/mol. The molecule has 0 spiro atoms. The maximum absolute atomic E-state index is 10.8. The summed E-state index contributed by atoms with van der Waals surface area (Å²) >= 11 is 0. The standard InChI is InChI=1S/C13H10O.C9H10O4/c14-10-12-8-4-5-9-13(12)11-6-2-1-3-7-11;1-9(8(12)13)4-2-3-6(5-9)7(10)11/h1-10H;2-4H,5H2,1H3,(H,10,11)(H,12,13). The third kappa shape index (κ3) is 5.01. The van der Waals surface area contributed by atoms with Gasteiger partial charge in [0.25, 0.3) is 0 Å². The third-order valence-electron chi connectivity index (χ3n) is 4.25. The van der Waals surface area contributed by atoms with E-state index in [1.165, 1.54) is 25.2 Å².